The van der Waals surface area contributed by atoms with E-state index in [4.69, 9.17) is 25.4 Å². The number of nitrogens with one attached hydrogen (secondary N) is 1. The Morgan fingerprint density at radius 3 is 2.20 bits per heavy atom. The van der Waals surface area contributed by atoms with Crippen molar-refractivity contribution in [2.24, 2.45) is 0 Å². The van der Waals surface area contributed by atoms with Crippen LogP contribution in [0, 0.1) is 0 Å². The molecule has 0 aliphatic heterocycles. The highest BCUT2D eigenvalue weighted by molar-refractivity contribution is 7.89. The van der Waals surface area contributed by atoms with E-state index in [9.17, 15) is 8.42 Å². The average molecular weight is 306 g/mol. The second-order valence-corrected chi connectivity index (χ2v) is 5.61. The van der Waals surface area contributed by atoms with E-state index in [-0.39, 0.29) is 22.1 Å². The largest absolute Gasteiger partial charge is 0.495 e. The van der Waals surface area contributed by atoms with Gasteiger partial charge in [0.25, 0.3) is 0 Å². The molecule has 5 N–H and O–H groups in total. The molecular formula is C11H18N2O6S. The second kappa shape index (κ2) is 6.75. The molecule has 0 heterocycles. The van der Waals surface area contributed by atoms with E-state index in [1.165, 1.54) is 26.4 Å². The normalized spacial score (nSPS) is 11.7. The number of benzene rings is 1. The number of nitrogen functional groups attached to an aromatic ring is 1. The molecule has 0 fully saturated rings. The molecule has 0 saturated carbocycles. The smallest absolute Gasteiger partial charge is 0.244 e. The van der Waals surface area contributed by atoms with Gasteiger partial charge in [0.15, 0.2) is 0 Å². The molecule has 1 rings (SSSR count). The van der Waals surface area contributed by atoms with Gasteiger partial charge in [-0.2, -0.15) is 0 Å². The molecule has 114 valence electrons. The van der Waals surface area contributed by atoms with Crippen LogP contribution in [-0.4, -0.2) is 52.1 Å². The lowest BCUT2D eigenvalue weighted by molar-refractivity contribution is 0.185. The van der Waals surface area contributed by atoms with E-state index in [0.29, 0.717) is 0 Å². The summed E-state index contributed by atoms with van der Waals surface area (Å²) in [5, 5.41) is 17.9. The van der Waals surface area contributed by atoms with Gasteiger partial charge in [-0.25, -0.2) is 13.1 Å². The van der Waals surface area contributed by atoms with Gasteiger partial charge in [0.2, 0.25) is 10.0 Å². The molecule has 0 aliphatic carbocycles. The van der Waals surface area contributed by atoms with Gasteiger partial charge in [-0.05, 0) is 6.07 Å². The molecule has 20 heavy (non-hydrogen) atoms. The molecule has 1 aromatic carbocycles. The topological polar surface area (TPSA) is 131 Å². The zero-order valence-corrected chi connectivity index (χ0v) is 12.0. The van der Waals surface area contributed by atoms with Crippen molar-refractivity contribution < 1.29 is 28.1 Å². The van der Waals surface area contributed by atoms with Gasteiger partial charge < -0.3 is 25.4 Å². The van der Waals surface area contributed by atoms with Crippen molar-refractivity contribution in [3.05, 3.63) is 12.1 Å². The molecule has 0 aromatic heterocycles. The molecule has 0 aliphatic rings. The van der Waals surface area contributed by atoms with Crippen molar-refractivity contribution in [1.29, 1.82) is 0 Å². The van der Waals surface area contributed by atoms with Gasteiger partial charge in [0.1, 0.15) is 16.4 Å². The number of ether oxygens (including phenoxy) is 2. The van der Waals surface area contributed by atoms with E-state index in [2.05, 4.69) is 4.72 Å². The van der Waals surface area contributed by atoms with Crippen molar-refractivity contribution >= 4 is 15.7 Å². The zero-order chi connectivity index (χ0) is 15.3. The third-order valence-electron chi connectivity index (χ3n) is 2.57. The van der Waals surface area contributed by atoms with Crippen molar-refractivity contribution in [3.8, 4) is 11.5 Å². The third-order valence-corrected chi connectivity index (χ3v) is 4.11. The first-order valence-electron chi connectivity index (χ1n) is 5.65. The van der Waals surface area contributed by atoms with E-state index in [0.717, 1.165) is 0 Å². The first kappa shape index (κ1) is 16.5. The van der Waals surface area contributed by atoms with Crippen LogP contribution in [-0.2, 0) is 10.0 Å². The fraction of sp³-hybridized carbons (Fsp3) is 0.455. The summed E-state index contributed by atoms with van der Waals surface area (Å²) in [6.45, 7) is -1.08. The first-order valence-corrected chi connectivity index (χ1v) is 7.13. The Hall–Kier alpha value is -1.55. The molecule has 0 spiro atoms. The predicted octanol–water partition coefficient (Wildman–Crippen LogP) is -1.08. The van der Waals surface area contributed by atoms with Crippen molar-refractivity contribution in [1.82, 2.24) is 4.72 Å². The van der Waals surface area contributed by atoms with E-state index < -0.39 is 29.3 Å². The molecule has 0 radical (unpaired) electrons. The highest BCUT2D eigenvalue weighted by atomic mass is 32.2. The number of rotatable bonds is 7. The molecule has 1 aromatic rings. The number of aliphatic hydroxyl groups excluding tert-OH is 2. The molecule has 8 nitrogen and oxygen atoms in total. The lowest BCUT2D eigenvalue weighted by atomic mass is 10.3. The van der Waals surface area contributed by atoms with Gasteiger partial charge in [-0.3, -0.25) is 0 Å². The first-order chi connectivity index (χ1) is 9.39. The summed E-state index contributed by atoms with van der Waals surface area (Å²) in [6, 6.07) is 1.52. The Bertz CT molecular complexity index is 556. The standard InChI is InChI=1S/C11H18N2O6S/c1-18-9-4-10(19-2)11(3-8(9)12)20(16,17)13-7(5-14)6-15/h3-4,7,13-15H,5-6,12H2,1-2H3. The molecule has 0 unspecified atom stereocenters. The Labute approximate surface area is 117 Å². The van der Waals surface area contributed by atoms with Crippen LogP contribution < -0.4 is 19.9 Å². The average Bonchev–Trinajstić information content (AvgIpc) is 2.44. The minimum absolute atomic E-state index is 0.0400. The number of hydrogen-bond acceptors (Lipinski definition) is 7. The van der Waals surface area contributed by atoms with Crippen molar-refractivity contribution in [2.75, 3.05) is 33.2 Å². The van der Waals surface area contributed by atoms with Gasteiger partial charge >= 0.3 is 0 Å². The number of methoxy groups -OCH3 is 2. The van der Waals surface area contributed by atoms with Crippen LogP contribution in [0.5, 0.6) is 11.5 Å². The monoisotopic (exact) mass is 306 g/mol. The van der Waals surface area contributed by atoms with Crippen LogP contribution in [0.25, 0.3) is 0 Å². The van der Waals surface area contributed by atoms with E-state index >= 15 is 0 Å². The zero-order valence-electron chi connectivity index (χ0n) is 11.2. The lowest BCUT2D eigenvalue weighted by Crippen LogP contribution is -2.40. The number of sulfonamides is 1. The Morgan fingerprint density at radius 1 is 1.20 bits per heavy atom. The Morgan fingerprint density at radius 2 is 1.75 bits per heavy atom. The van der Waals surface area contributed by atoms with E-state index in [1.54, 1.807) is 0 Å². The molecular weight excluding hydrogens is 288 g/mol. The van der Waals surface area contributed by atoms with Crippen LogP contribution in [0.3, 0.4) is 0 Å². The van der Waals surface area contributed by atoms with Crippen LogP contribution in [0.4, 0.5) is 5.69 Å². The maximum Gasteiger partial charge on any atom is 0.244 e. The van der Waals surface area contributed by atoms with Gasteiger partial charge in [-0.15, -0.1) is 0 Å². The fourth-order valence-corrected chi connectivity index (χ4v) is 2.92. The van der Waals surface area contributed by atoms with Gasteiger partial charge in [-0.1, -0.05) is 0 Å². The molecule has 0 bridgehead atoms. The lowest BCUT2D eigenvalue weighted by Gasteiger charge is -2.17. The minimum Gasteiger partial charge on any atom is -0.495 e. The van der Waals surface area contributed by atoms with Gasteiger partial charge in [0, 0.05) is 6.07 Å². The highest BCUT2D eigenvalue weighted by Crippen LogP contribution is 2.33. The molecule has 0 atom stereocenters. The quantitative estimate of drug-likeness (QED) is 0.471. The minimum atomic E-state index is -4.00. The summed E-state index contributed by atoms with van der Waals surface area (Å²) >= 11 is 0. The summed E-state index contributed by atoms with van der Waals surface area (Å²) in [6.07, 6.45) is 0. The fourth-order valence-electron chi connectivity index (χ4n) is 1.52. The molecule has 0 amide bonds. The summed E-state index contributed by atoms with van der Waals surface area (Å²) in [4.78, 5) is -0.204. The maximum atomic E-state index is 12.2. The van der Waals surface area contributed by atoms with Crippen LogP contribution >= 0.6 is 0 Å². The van der Waals surface area contributed by atoms with Crippen molar-refractivity contribution in [2.45, 2.75) is 10.9 Å². The van der Waals surface area contributed by atoms with Crippen LogP contribution in [0.15, 0.2) is 17.0 Å². The van der Waals surface area contributed by atoms with Crippen LogP contribution in [0.2, 0.25) is 0 Å². The second-order valence-electron chi connectivity index (χ2n) is 3.93. The predicted molar refractivity (Wildman–Crippen MR) is 72.2 cm³/mol. The molecule has 0 saturated heterocycles. The third kappa shape index (κ3) is 3.51. The Kier molecular flexibility index (Phi) is 5.57. The number of nitrogens with two attached hydrogens (primary N) is 1. The summed E-state index contributed by atoms with van der Waals surface area (Å²) < 4.78 is 36.5. The summed E-state index contributed by atoms with van der Waals surface area (Å²) in [7, 11) is -1.31. The summed E-state index contributed by atoms with van der Waals surface area (Å²) in [5.41, 5.74) is 5.80. The SMILES string of the molecule is COc1cc(OC)c(S(=O)(=O)NC(CO)CO)cc1N. The number of aliphatic hydroxyl groups is 2. The van der Waals surface area contributed by atoms with E-state index in [1.807, 2.05) is 0 Å². The summed E-state index contributed by atoms with van der Waals surface area (Å²) in [5.74, 6) is 0.319. The number of hydrogen-bond donors (Lipinski definition) is 4. The molecule has 9 heteroatoms. The van der Waals surface area contributed by atoms with Crippen molar-refractivity contribution in [3.63, 3.8) is 0 Å². The maximum absolute atomic E-state index is 12.2. The highest BCUT2D eigenvalue weighted by Gasteiger charge is 2.24. The van der Waals surface area contributed by atoms with Crippen LogP contribution in [0.1, 0.15) is 0 Å². The number of anilines is 1. The van der Waals surface area contributed by atoms with Gasteiger partial charge in [0.05, 0.1) is 39.2 Å². The Balaban J connectivity index is 3.27.